The Morgan fingerprint density at radius 1 is 1.41 bits per heavy atom. The number of carbonyl (C=O) groups excluding carboxylic acids is 2. The van der Waals surface area contributed by atoms with E-state index in [9.17, 15) is 9.59 Å². The minimum atomic E-state index is -0.124. The van der Waals surface area contributed by atoms with E-state index < -0.39 is 0 Å². The molecule has 120 valence electrons. The maximum Gasteiger partial charge on any atom is 0.253 e. The maximum atomic E-state index is 12.5. The van der Waals surface area contributed by atoms with E-state index in [2.05, 4.69) is 5.32 Å². The van der Waals surface area contributed by atoms with Gasteiger partial charge in [0.1, 0.15) is 0 Å². The van der Waals surface area contributed by atoms with E-state index in [-0.39, 0.29) is 24.0 Å². The summed E-state index contributed by atoms with van der Waals surface area (Å²) < 4.78 is 5.47. The number of carbonyl (C=O) groups is 2. The number of hydrogen-bond acceptors (Lipinski definition) is 3. The van der Waals surface area contributed by atoms with Crippen LogP contribution in [0.2, 0.25) is 0 Å². The highest BCUT2D eigenvalue weighted by Crippen LogP contribution is 2.24. The lowest BCUT2D eigenvalue weighted by Gasteiger charge is -2.24. The van der Waals surface area contributed by atoms with Crippen molar-refractivity contribution in [3.63, 3.8) is 0 Å². The molecule has 0 saturated carbocycles. The lowest BCUT2D eigenvalue weighted by molar-refractivity contribution is -0.119. The summed E-state index contributed by atoms with van der Waals surface area (Å²) >= 11 is 0. The molecule has 1 aliphatic rings. The fourth-order valence-electron chi connectivity index (χ4n) is 2.53. The zero-order chi connectivity index (χ0) is 16.1. The molecule has 1 atom stereocenters. The predicted octanol–water partition coefficient (Wildman–Crippen LogP) is 2.36. The summed E-state index contributed by atoms with van der Waals surface area (Å²) in [6.45, 7) is 6.93. The minimum Gasteiger partial charge on any atom is -0.379 e. The fraction of sp³-hybridized carbons (Fsp3) is 0.529. The lowest BCUT2D eigenvalue weighted by atomic mass is 10.1. The summed E-state index contributed by atoms with van der Waals surface area (Å²) in [5.41, 5.74) is 1.25. The van der Waals surface area contributed by atoms with E-state index in [1.54, 1.807) is 11.0 Å². The number of anilines is 1. The van der Waals surface area contributed by atoms with Crippen LogP contribution in [0, 0.1) is 0 Å². The van der Waals surface area contributed by atoms with Gasteiger partial charge in [0.15, 0.2) is 0 Å². The number of benzene rings is 1. The SMILES string of the molecule is CC1CN(C(=O)CCCOC(C)C)c2ccccc2C(=O)N1. The highest BCUT2D eigenvalue weighted by Gasteiger charge is 2.27. The van der Waals surface area contributed by atoms with Gasteiger partial charge in [-0.25, -0.2) is 0 Å². The van der Waals surface area contributed by atoms with Gasteiger partial charge in [0.2, 0.25) is 5.91 Å². The summed E-state index contributed by atoms with van der Waals surface area (Å²) in [7, 11) is 0. The molecule has 0 fully saturated rings. The van der Waals surface area contributed by atoms with Gasteiger partial charge in [-0.15, -0.1) is 0 Å². The van der Waals surface area contributed by atoms with Gasteiger partial charge in [-0.05, 0) is 39.3 Å². The summed E-state index contributed by atoms with van der Waals surface area (Å²) in [5, 5.41) is 2.91. The number of nitrogens with zero attached hydrogens (tertiary/aromatic N) is 1. The van der Waals surface area contributed by atoms with Gasteiger partial charge in [0, 0.05) is 25.6 Å². The second kappa shape index (κ2) is 7.40. The van der Waals surface area contributed by atoms with Gasteiger partial charge in [0.25, 0.3) is 5.91 Å². The molecule has 1 N–H and O–H groups in total. The zero-order valence-corrected chi connectivity index (χ0v) is 13.5. The fourth-order valence-corrected chi connectivity index (χ4v) is 2.53. The van der Waals surface area contributed by atoms with Gasteiger partial charge in [0.05, 0.1) is 17.4 Å². The van der Waals surface area contributed by atoms with E-state index in [1.165, 1.54) is 0 Å². The zero-order valence-electron chi connectivity index (χ0n) is 13.5. The van der Waals surface area contributed by atoms with Crippen molar-refractivity contribution in [2.24, 2.45) is 0 Å². The second-order valence-electron chi connectivity index (χ2n) is 5.92. The van der Waals surface area contributed by atoms with Crippen molar-refractivity contribution in [3.8, 4) is 0 Å². The van der Waals surface area contributed by atoms with Crippen molar-refractivity contribution in [1.82, 2.24) is 5.32 Å². The van der Waals surface area contributed by atoms with Gasteiger partial charge in [-0.2, -0.15) is 0 Å². The van der Waals surface area contributed by atoms with Crippen molar-refractivity contribution in [2.45, 2.75) is 45.8 Å². The van der Waals surface area contributed by atoms with Crippen molar-refractivity contribution < 1.29 is 14.3 Å². The molecule has 2 rings (SSSR count). The average Bonchev–Trinajstić information content (AvgIpc) is 2.60. The molecule has 1 aliphatic heterocycles. The standard InChI is InChI=1S/C17H24N2O3/c1-12(2)22-10-6-9-16(20)19-11-13(3)18-17(21)14-7-4-5-8-15(14)19/h4-5,7-8,12-13H,6,9-11H2,1-3H3,(H,18,21). The first-order chi connectivity index (χ1) is 10.5. The molecule has 0 radical (unpaired) electrons. The third-order valence-electron chi connectivity index (χ3n) is 3.56. The molecule has 5 heteroatoms. The van der Waals surface area contributed by atoms with E-state index >= 15 is 0 Å². The molecule has 1 aromatic carbocycles. The number of ether oxygens (including phenoxy) is 1. The lowest BCUT2D eigenvalue weighted by Crippen LogP contribution is -2.41. The molecule has 1 aromatic rings. The normalized spacial score (nSPS) is 17.9. The first-order valence-electron chi connectivity index (χ1n) is 7.81. The number of rotatable bonds is 5. The monoisotopic (exact) mass is 304 g/mol. The number of nitrogens with one attached hydrogen (secondary N) is 1. The Labute approximate surface area is 131 Å². The molecule has 0 bridgehead atoms. The number of hydrogen-bond donors (Lipinski definition) is 1. The first-order valence-corrected chi connectivity index (χ1v) is 7.81. The van der Waals surface area contributed by atoms with Crippen LogP contribution in [0.15, 0.2) is 24.3 Å². The molecule has 0 spiro atoms. The van der Waals surface area contributed by atoms with Crippen LogP contribution < -0.4 is 10.2 Å². The Morgan fingerprint density at radius 3 is 2.86 bits per heavy atom. The highest BCUT2D eigenvalue weighted by atomic mass is 16.5. The third kappa shape index (κ3) is 4.07. The van der Waals surface area contributed by atoms with Crippen LogP contribution in [0.4, 0.5) is 5.69 Å². The van der Waals surface area contributed by atoms with Gasteiger partial charge in [-0.3, -0.25) is 9.59 Å². The number of amides is 2. The van der Waals surface area contributed by atoms with Crippen molar-refractivity contribution in [1.29, 1.82) is 0 Å². The van der Waals surface area contributed by atoms with E-state index in [0.29, 0.717) is 37.2 Å². The molecule has 0 saturated heterocycles. The highest BCUT2D eigenvalue weighted by molar-refractivity contribution is 6.05. The molecule has 1 heterocycles. The summed E-state index contributed by atoms with van der Waals surface area (Å²) in [6, 6.07) is 7.17. The molecular weight excluding hydrogens is 280 g/mol. The van der Waals surface area contributed by atoms with Crippen LogP contribution in [0.1, 0.15) is 44.0 Å². The largest absolute Gasteiger partial charge is 0.379 e. The van der Waals surface area contributed by atoms with Crippen LogP contribution in [0.3, 0.4) is 0 Å². The summed E-state index contributed by atoms with van der Waals surface area (Å²) in [6.07, 6.45) is 1.28. The number of fused-ring (bicyclic) bond motifs is 1. The summed E-state index contributed by atoms with van der Waals surface area (Å²) in [5.74, 6) is -0.0929. The topological polar surface area (TPSA) is 58.6 Å². The number of para-hydroxylation sites is 1. The Bertz CT molecular complexity index is 542. The van der Waals surface area contributed by atoms with Gasteiger partial charge < -0.3 is 15.0 Å². The molecule has 5 nitrogen and oxygen atoms in total. The molecular formula is C17H24N2O3. The second-order valence-corrected chi connectivity index (χ2v) is 5.92. The third-order valence-corrected chi connectivity index (χ3v) is 3.56. The van der Waals surface area contributed by atoms with Crippen LogP contribution in [0.25, 0.3) is 0 Å². The van der Waals surface area contributed by atoms with Crippen LogP contribution in [-0.4, -0.2) is 37.1 Å². The average molecular weight is 304 g/mol. The molecule has 2 amide bonds. The van der Waals surface area contributed by atoms with Crippen LogP contribution in [-0.2, 0) is 9.53 Å². The predicted molar refractivity (Wildman–Crippen MR) is 86.0 cm³/mol. The van der Waals surface area contributed by atoms with Crippen molar-refractivity contribution >= 4 is 17.5 Å². The maximum absolute atomic E-state index is 12.5. The van der Waals surface area contributed by atoms with Gasteiger partial charge in [-0.1, -0.05) is 12.1 Å². The summed E-state index contributed by atoms with van der Waals surface area (Å²) in [4.78, 5) is 26.4. The molecule has 0 aromatic heterocycles. The van der Waals surface area contributed by atoms with Crippen LogP contribution >= 0.6 is 0 Å². The molecule has 1 unspecified atom stereocenters. The van der Waals surface area contributed by atoms with Crippen molar-refractivity contribution in [2.75, 3.05) is 18.1 Å². The Morgan fingerprint density at radius 2 is 2.14 bits per heavy atom. The van der Waals surface area contributed by atoms with E-state index in [1.807, 2.05) is 39.0 Å². The molecule has 22 heavy (non-hydrogen) atoms. The van der Waals surface area contributed by atoms with E-state index in [4.69, 9.17) is 4.74 Å². The Balaban J connectivity index is 2.09. The van der Waals surface area contributed by atoms with Crippen molar-refractivity contribution in [3.05, 3.63) is 29.8 Å². The van der Waals surface area contributed by atoms with Gasteiger partial charge >= 0.3 is 0 Å². The minimum absolute atomic E-state index is 0.0307. The molecule has 0 aliphatic carbocycles. The smallest absolute Gasteiger partial charge is 0.253 e. The Hall–Kier alpha value is -1.88. The van der Waals surface area contributed by atoms with E-state index in [0.717, 1.165) is 0 Å². The Kier molecular flexibility index (Phi) is 5.55. The first kappa shape index (κ1) is 16.5. The quantitative estimate of drug-likeness (QED) is 0.850. The van der Waals surface area contributed by atoms with Crippen LogP contribution in [0.5, 0.6) is 0 Å².